The third-order valence-corrected chi connectivity index (χ3v) is 3.47. The van der Waals surface area contributed by atoms with Gasteiger partial charge in [-0.25, -0.2) is 0 Å². The number of hydrogen-bond donors (Lipinski definition) is 0. The number of hydrogen-bond acceptors (Lipinski definition) is 1. The van der Waals surface area contributed by atoms with Crippen LogP contribution in [0.3, 0.4) is 0 Å². The Morgan fingerprint density at radius 3 is 2.82 bits per heavy atom. The Kier molecular flexibility index (Phi) is 3.39. The SMILES string of the molecule is CC1CCCC(C(Br)C#N)C1. The fourth-order valence-corrected chi connectivity index (χ4v) is 2.33. The van der Waals surface area contributed by atoms with Crippen LogP contribution in [0.5, 0.6) is 0 Å². The van der Waals surface area contributed by atoms with Gasteiger partial charge in [-0.15, -0.1) is 0 Å². The largest absolute Gasteiger partial charge is 0.197 e. The Labute approximate surface area is 76.9 Å². The first-order chi connectivity index (χ1) is 5.24. The zero-order chi connectivity index (χ0) is 8.27. The maximum Gasteiger partial charge on any atom is 0.104 e. The molecular formula is C9H14BrN. The minimum atomic E-state index is 0.0882. The quantitative estimate of drug-likeness (QED) is 0.618. The van der Waals surface area contributed by atoms with Gasteiger partial charge in [0.25, 0.3) is 0 Å². The lowest BCUT2D eigenvalue weighted by atomic mass is 9.81. The van der Waals surface area contributed by atoms with Crippen molar-refractivity contribution in [2.24, 2.45) is 11.8 Å². The first kappa shape index (κ1) is 9.06. The maximum absolute atomic E-state index is 8.68. The zero-order valence-electron chi connectivity index (χ0n) is 6.89. The fourth-order valence-electron chi connectivity index (χ4n) is 1.85. The number of halogens is 1. The Bertz CT molecular complexity index is 161. The highest BCUT2D eigenvalue weighted by molar-refractivity contribution is 9.09. The van der Waals surface area contributed by atoms with E-state index in [0.29, 0.717) is 5.92 Å². The Morgan fingerprint density at radius 1 is 1.55 bits per heavy atom. The summed E-state index contributed by atoms with van der Waals surface area (Å²) in [6, 6.07) is 2.27. The van der Waals surface area contributed by atoms with Crippen LogP contribution in [-0.2, 0) is 0 Å². The van der Waals surface area contributed by atoms with Gasteiger partial charge in [0, 0.05) is 0 Å². The molecule has 0 bridgehead atoms. The summed E-state index contributed by atoms with van der Waals surface area (Å²) in [4.78, 5) is 0.0882. The molecule has 0 saturated heterocycles. The molecule has 1 aliphatic rings. The number of nitrogens with zero attached hydrogens (tertiary/aromatic N) is 1. The van der Waals surface area contributed by atoms with Crippen molar-refractivity contribution in [1.29, 1.82) is 5.26 Å². The van der Waals surface area contributed by atoms with Crippen LogP contribution in [0.25, 0.3) is 0 Å². The molecule has 2 heteroatoms. The van der Waals surface area contributed by atoms with Crippen LogP contribution < -0.4 is 0 Å². The van der Waals surface area contributed by atoms with Crippen molar-refractivity contribution in [1.82, 2.24) is 0 Å². The van der Waals surface area contributed by atoms with Crippen LogP contribution in [0.2, 0.25) is 0 Å². The van der Waals surface area contributed by atoms with Crippen molar-refractivity contribution in [2.75, 3.05) is 0 Å². The van der Waals surface area contributed by atoms with E-state index in [1.54, 1.807) is 0 Å². The average molecular weight is 216 g/mol. The minimum Gasteiger partial charge on any atom is -0.197 e. The van der Waals surface area contributed by atoms with Crippen LogP contribution in [0.4, 0.5) is 0 Å². The second kappa shape index (κ2) is 4.11. The van der Waals surface area contributed by atoms with Gasteiger partial charge in [-0.1, -0.05) is 35.7 Å². The van der Waals surface area contributed by atoms with Crippen LogP contribution in [-0.4, -0.2) is 4.83 Å². The second-order valence-electron chi connectivity index (χ2n) is 3.56. The predicted octanol–water partition coefficient (Wildman–Crippen LogP) is 3.10. The summed E-state index contributed by atoms with van der Waals surface area (Å²) >= 11 is 3.40. The van der Waals surface area contributed by atoms with Crippen molar-refractivity contribution in [3.05, 3.63) is 0 Å². The number of rotatable bonds is 1. The van der Waals surface area contributed by atoms with Crippen molar-refractivity contribution in [2.45, 2.75) is 37.4 Å². The van der Waals surface area contributed by atoms with E-state index in [0.717, 1.165) is 5.92 Å². The van der Waals surface area contributed by atoms with Gasteiger partial charge in [0.15, 0.2) is 0 Å². The highest BCUT2D eigenvalue weighted by atomic mass is 79.9. The third kappa shape index (κ3) is 2.48. The smallest absolute Gasteiger partial charge is 0.104 e. The van der Waals surface area contributed by atoms with Gasteiger partial charge >= 0.3 is 0 Å². The summed E-state index contributed by atoms with van der Waals surface area (Å²) in [6.45, 7) is 2.28. The Hall–Kier alpha value is -0.0300. The molecule has 0 aromatic rings. The van der Waals surface area contributed by atoms with E-state index in [4.69, 9.17) is 5.26 Å². The highest BCUT2D eigenvalue weighted by Gasteiger charge is 2.24. The van der Waals surface area contributed by atoms with Gasteiger partial charge in [-0.2, -0.15) is 5.26 Å². The molecule has 1 rings (SSSR count). The molecule has 1 saturated carbocycles. The van der Waals surface area contributed by atoms with Gasteiger partial charge in [0.2, 0.25) is 0 Å². The van der Waals surface area contributed by atoms with Crippen LogP contribution in [0.15, 0.2) is 0 Å². The van der Waals surface area contributed by atoms with Crippen molar-refractivity contribution in [3.63, 3.8) is 0 Å². The van der Waals surface area contributed by atoms with Crippen molar-refractivity contribution < 1.29 is 0 Å². The Balaban J connectivity index is 2.40. The van der Waals surface area contributed by atoms with E-state index in [1.807, 2.05) is 0 Å². The molecule has 1 aliphatic carbocycles. The average Bonchev–Trinajstić information content (AvgIpc) is 2.03. The highest BCUT2D eigenvalue weighted by Crippen LogP contribution is 2.33. The molecule has 62 valence electrons. The van der Waals surface area contributed by atoms with E-state index in [9.17, 15) is 0 Å². The molecule has 0 spiro atoms. The van der Waals surface area contributed by atoms with Gasteiger partial charge in [0.05, 0.1) is 6.07 Å². The molecule has 0 aliphatic heterocycles. The summed E-state index contributed by atoms with van der Waals surface area (Å²) in [5.41, 5.74) is 0. The monoisotopic (exact) mass is 215 g/mol. The second-order valence-corrected chi connectivity index (χ2v) is 4.55. The summed E-state index contributed by atoms with van der Waals surface area (Å²) in [7, 11) is 0. The molecule has 3 unspecified atom stereocenters. The Morgan fingerprint density at radius 2 is 2.27 bits per heavy atom. The van der Waals surface area contributed by atoms with E-state index in [1.165, 1.54) is 25.7 Å². The van der Waals surface area contributed by atoms with Gasteiger partial charge in [-0.05, 0) is 24.7 Å². The molecule has 0 heterocycles. The minimum absolute atomic E-state index is 0.0882. The fraction of sp³-hybridized carbons (Fsp3) is 0.889. The van der Waals surface area contributed by atoms with Gasteiger partial charge in [0.1, 0.15) is 4.83 Å². The maximum atomic E-state index is 8.68. The molecule has 0 N–H and O–H groups in total. The van der Waals surface area contributed by atoms with E-state index in [-0.39, 0.29) is 4.83 Å². The predicted molar refractivity (Wildman–Crippen MR) is 49.5 cm³/mol. The molecule has 0 aromatic carbocycles. The number of alkyl halides is 1. The molecule has 0 amide bonds. The van der Waals surface area contributed by atoms with E-state index < -0.39 is 0 Å². The van der Waals surface area contributed by atoms with Crippen molar-refractivity contribution in [3.8, 4) is 6.07 Å². The van der Waals surface area contributed by atoms with Crippen LogP contribution in [0.1, 0.15) is 32.6 Å². The summed E-state index contributed by atoms with van der Waals surface area (Å²) in [5.74, 6) is 1.42. The molecule has 0 aromatic heterocycles. The molecule has 1 fully saturated rings. The van der Waals surface area contributed by atoms with Gasteiger partial charge < -0.3 is 0 Å². The summed E-state index contributed by atoms with van der Waals surface area (Å²) < 4.78 is 0. The lowest BCUT2D eigenvalue weighted by molar-refractivity contribution is 0.292. The van der Waals surface area contributed by atoms with Crippen molar-refractivity contribution >= 4 is 15.9 Å². The first-order valence-corrected chi connectivity index (χ1v) is 5.19. The molecular weight excluding hydrogens is 202 g/mol. The van der Waals surface area contributed by atoms with E-state index >= 15 is 0 Å². The van der Waals surface area contributed by atoms with Gasteiger partial charge in [-0.3, -0.25) is 0 Å². The topological polar surface area (TPSA) is 23.8 Å². The molecule has 1 nitrogen and oxygen atoms in total. The zero-order valence-corrected chi connectivity index (χ0v) is 8.47. The summed E-state index contributed by atoms with van der Waals surface area (Å²) in [5, 5.41) is 8.68. The van der Waals surface area contributed by atoms with Crippen LogP contribution >= 0.6 is 15.9 Å². The number of nitriles is 1. The molecule has 11 heavy (non-hydrogen) atoms. The standard InChI is InChI=1S/C9H14BrN/c1-7-3-2-4-8(5-7)9(10)6-11/h7-9H,2-5H2,1H3. The third-order valence-electron chi connectivity index (χ3n) is 2.51. The lowest BCUT2D eigenvalue weighted by Crippen LogP contribution is -2.20. The normalized spacial score (nSPS) is 34.3. The molecule has 3 atom stereocenters. The van der Waals surface area contributed by atoms with Crippen LogP contribution in [0, 0.1) is 23.2 Å². The first-order valence-electron chi connectivity index (χ1n) is 4.27. The lowest BCUT2D eigenvalue weighted by Gasteiger charge is -2.27. The summed E-state index contributed by atoms with van der Waals surface area (Å²) in [6.07, 6.45) is 5.11. The molecule has 0 radical (unpaired) electrons. The van der Waals surface area contributed by atoms with E-state index in [2.05, 4.69) is 28.9 Å².